The summed E-state index contributed by atoms with van der Waals surface area (Å²) in [6, 6.07) is 6.85. The summed E-state index contributed by atoms with van der Waals surface area (Å²) in [5.74, 6) is 0.000605. The summed E-state index contributed by atoms with van der Waals surface area (Å²) >= 11 is 1.56. The number of nitriles is 1. The SMILES string of the molecule is Cc1nc(-c2ccc(C#N)c(O)c2)cs1. The predicted molar refractivity (Wildman–Crippen MR) is 58.7 cm³/mol. The van der Waals surface area contributed by atoms with Crippen molar-refractivity contribution in [2.75, 3.05) is 0 Å². The average molecular weight is 216 g/mol. The molecule has 4 heteroatoms. The van der Waals surface area contributed by atoms with E-state index >= 15 is 0 Å². The Morgan fingerprint density at radius 2 is 2.27 bits per heavy atom. The lowest BCUT2D eigenvalue weighted by molar-refractivity contribution is 0.474. The van der Waals surface area contributed by atoms with E-state index in [1.54, 1.807) is 29.5 Å². The van der Waals surface area contributed by atoms with Crippen molar-refractivity contribution in [3.8, 4) is 23.1 Å². The van der Waals surface area contributed by atoms with E-state index in [4.69, 9.17) is 5.26 Å². The Hall–Kier alpha value is -1.86. The number of aromatic nitrogens is 1. The molecular formula is C11H8N2OS. The highest BCUT2D eigenvalue weighted by atomic mass is 32.1. The molecule has 2 aromatic rings. The molecule has 0 radical (unpaired) electrons. The minimum Gasteiger partial charge on any atom is -0.507 e. The minimum absolute atomic E-state index is 0.000605. The van der Waals surface area contributed by atoms with Crippen molar-refractivity contribution >= 4 is 11.3 Å². The van der Waals surface area contributed by atoms with E-state index in [0.717, 1.165) is 16.3 Å². The standard InChI is InChI=1S/C11H8N2OS/c1-7-13-10(6-15-7)8-2-3-9(5-12)11(14)4-8/h2-4,6,14H,1H3. The summed E-state index contributed by atoms with van der Waals surface area (Å²) in [6.45, 7) is 1.93. The Labute approximate surface area is 91.3 Å². The van der Waals surface area contributed by atoms with Crippen LogP contribution in [0, 0.1) is 18.3 Å². The molecule has 1 heterocycles. The first-order chi connectivity index (χ1) is 7.20. The van der Waals surface area contributed by atoms with Crippen molar-refractivity contribution in [2.24, 2.45) is 0 Å². The largest absolute Gasteiger partial charge is 0.507 e. The third-order valence-electron chi connectivity index (χ3n) is 2.03. The van der Waals surface area contributed by atoms with Gasteiger partial charge >= 0.3 is 0 Å². The summed E-state index contributed by atoms with van der Waals surface area (Å²) in [5.41, 5.74) is 1.94. The maximum atomic E-state index is 9.51. The van der Waals surface area contributed by atoms with Gasteiger partial charge in [0.05, 0.1) is 16.3 Å². The number of aryl methyl sites for hydroxylation is 1. The van der Waals surface area contributed by atoms with Crippen LogP contribution < -0.4 is 0 Å². The van der Waals surface area contributed by atoms with Crippen LogP contribution in [-0.2, 0) is 0 Å². The first kappa shape index (κ1) is 9.69. The van der Waals surface area contributed by atoms with Gasteiger partial charge in [-0.15, -0.1) is 11.3 Å². The van der Waals surface area contributed by atoms with Gasteiger partial charge in [-0.25, -0.2) is 4.98 Å². The van der Waals surface area contributed by atoms with Gasteiger partial charge in [-0.1, -0.05) is 6.07 Å². The molecule has 0 atom stereocenters. The molecule has 1 aromatic heterocycles. The molecule has 74 valence electrons. The van der Waals surface area contributed by atoms with Crippen LogP contribution >= 0.6 is 11.3 Å². The van der Waals surface area contributed by atoms with Crippen LogP contribution in [0.15, 0.2) is 23.6 Å². The quantitative estimate of drug-likeness (QED) is 0.797. The van der Waals surface area contributed by atoms with Crippen LogP contribution in [0.3, 0.4) is 0 Å². The van der Waals surface area contributed by atoms with Gasteiger partial charge in [0.25, 0.3) is 0 Å². The number of thiazole rings is 1. The Morgan fingerprint density at radius 1 is 1.47 bits per heavy atom. The molecule has 0 saturated heterocycles. The van der Waals surface area contributed by atoms with Gasteiger partial charge in [-0.3, -0.25) is 0 Å². The van der Waals surface area contributed by atoms with Crippen LogP contribution in [-0.4, -0.2) is 10.1 Å². The minimum atomic E-state index is 0.000605. The first-order valence-corrected chi connectivity index (χ1v) is 5.24. The number of aromatic hydroxyl groups is 1. The molecule has 0 aliphatic rings. The zero-order chi connectivity index (χ0) is 10.8. The molecule has 1 aromatic carbocycles. The Balaban J connectivity index is 2.48. The molecule has 0 aliphatic carbocycles. The molecule has 15 heavy (non-hydrogen) atoms. The van der Waals surface area contributed by atoms with Gasteiger partial charge in [0, 0.05) is 10.9 Å². The lowest BCUT2D eigenvalue weighted by atomic mass is 10.1. The van der Waals surface area contributed by atoms with Crippen LogP contribution in [0.4, 0.5) is 0 Å². The average Bonchev–Trinajstić information content (AvgIpc) is 2.65. The molecule has 0 fully saturated rings. The summed E-state index contributed by atoms with van der Waals surface area (Å²) in [7, 11) is 0. The van der Waals surface area contributed by atoms with Gasteiger partial charge in [0.1, 0.15) is 11.8 Å². The Morgan fingerprint density at radius 3 is 2.80 bits per heavy atom. The van der Waals surface area contributed by atoms with Gasteiger partial charge < -0.3 is 5.11 Å². The van der Waals surface area contributed by atoms with Crippen molar-refractivity contribution in [1.82, 2.24) is 4.98 Å². The van der Waals surface area contributed by atoms with Gasteiger partial charge in [0.2, 0.25) is 0 Å². The number of phenolic OH excluding ortho intramolecular Hbond substituents is 1. The lowest BCUT2D eigenvalue weighted by Gasteiger charge is -1.99. The van der Waals surface area contributed by atoms with E-state index in [1.807, 2.05) is 18.4 Å². The van der Waals surface area contributed by atoms with Crippen LogP contribution in [0.2, 0.25) is 0 Å². The molecule has 0 aliphatic heterocycles. The monoisotopic (exact) mass is 216 g/mol. The fraction of sp³-hybridized carbons (Fsp3) is 0.0909. The van der Waals surface area contributed by atoms with E-state index in [1.165, 1.54) is 0 Å². The number of hydrogen-bond donors (Lipinski definition) is 1. The first-order valence-electron chi connectivity index (χ1n) is 4.36. The summed E-state index contributed by atoms with van der Waals surface area (Å²) in [4.78, 5) is 4.30. The molecule has 2 rings (SSSR count). The normalized spacial score (nSPS) is 9.87. The predicted octanol–water partition coefficient (Wildman–Crippen LogP) is 2.70. The van der Waals surface area contributed by atoms with Crippen molar-refractivity contribution in [3.63, 3.8) is 0 Å². The second-order valence-electron chi connectivity index (χ2n) is 3.10. The van der Waals surface area contributed by atoms with Gasteiger partial charge in [0.15, 0.2) is 0 Å². The molecule has 0 spiro atoms. The number of phenols is 1. The van der Waals surface area contributed by atoms with Crippen LogP contribution in [0.5, 0.6) is 5.75 Å². The zero-order valence-electron chi connectivity index (χ0n) is 8.06. The van der Waals surface area contributed by atoms with E-state index in [2.05, 4.69) is 4.98 Å². The highest BCUT2D eigenvalue weighted by Crippen LogP contribution is 2.26. The number of hydrogen-bond acceptors (Lipinski definition) is 4. The Kier molecular flexibility index (Phi) is 2.40. The van der Waals surface area contributed by atoms with Gasteiger partial charge in [-0.2, -0.15) is 5.26 Å². The molecule has 0 amide bonds. The molecule has 1 N–H and O–H groups in total. The second kappa shape index (κ2) is 3.71. The zero-order valence-corrected chi connectivity index (χ0v) is 8.88. The molecular weight excluding hydrogens is 208 g/mol. The third-order valence-corrected chi connectivity index (χ3v) is 2.81. The van der Waals surface area contributed by atoms with Crippen LogP contribution in [0.1, 0.15) is 10.6 Å². The van der Waals surface area contributed by atoms with E-state index in [-0.39, 0.29) is 11.3 Å². The molecule has 0 bridgehead atoms. The topological polar surface area (TPSA) is 56.9 Å². The third kappa shape index (κ3) is 1.83. The van der Waals surface area contributed by atoms with Crippen molar-refractivity contribution in [2.45, 2.75) is 6.92 Å². The van der Waals surface area contributed by atoms with Crippen molar-refractivity contribution < 1.29 is 5.11 Å². The number of benzene rings is 1. The number of rotatable bonds is 1. The second-order valence-corrected chi connectivity index (χ2v) is 4.16. The molecule has 0 unspecified atom stereocenters. The fourth-order valence-electron chi connectivity index (χ4n) is 1.28. The maximum absolute atomic E-state index is 9.51. The van der Waals surface area contributed by atoms with E-state index < -0.39 is 0 Å². The Bertz CT molecular complexity index is 540. The van der Waals surface area contributed by atoms with Crippen molar-refractivity contribution in [1.29, 1.82) is 5.26 Å². The molecule has 0 saturated carbocycles. The van der Waals surface area contributed by atoms with E-state index in [0.29, 0.717) is 0 Å². The van der Waals surface area contributed by atoms with Crippen LogP contribution in [0.25, 0.3) is 11.3 Å². The maximum Gasteiger partial charge on any atom is 0.134 e. The summed E-state index contributed by atoms with van der Waals surface area (Å²) in [5, 5.41) is 21.1. The highest BCUT2D eigenvalue weighted by Gasteiger charge is 2.05. The smallest absolute Gasteiger partial charge is 0.134 e. The lowest BCUT2D eigenvalue weighted by Crippen LogP contribution is -1.81. The fourth-order valence-corrected chi connectivity index (χ4v) is 1.90. The highest BCUT2D eigenvalue weighted by molar-refractivity contribution is 7.09. The number of nitrogens with zero attached hydrogens (tertiary/aromatic N) is 2. The van der Waals surface area contributed by atoms with Crippen molar-refractivity contribution in [3.05, 3.63) is 34.2 Å². The molecule has 3 nitrogen and oxygen atoms in total. The summed E-state index contributed by atoms with van der Waals surface area (Å²) in [6.07, 6.45) is 0. The summed E-state index contributed by atoms with van der Waals surface area (Å²) < 4.78 is 0. The van der Waals surface area contributed by atoms with Gasteiger partial charge in [-0.05, 0) is 19.1 Å². The van der Waals surface area contributed by atoms with E-state index in [9.17, 15) is 5.11 Å².